The van der Waals surface area contributed by atoms with Crippen LogP contribution >= 0.6 is 0 Å². The highest BCUT2D eigenvalue weighted by atomic mass is 19.1. The topological polar surface area (TPSA) is 41.6 Å². The smallest absolute Gasteiger partial charge is 0.412 e. The normalized spacial score (nSPS) is 15.9. The third-order valence-electron chi connectivity index (χ3n) is 3.18. The number of hydrogen-bond donors (Lipinski definition) is 1. The Morgan fingerprint density at radius 3 is 2.71 bits per heavy atom. The zero-order chi connectivity index (χ0) is 15.1. The van der Waals surface area contributed by atoms with E-state index in [-0.39, 0.29) is 5.82 Å². The summed E-state index contributed by atoms with van der Waals surface area (Å²) < 4.78 is 17.8. The Bertz CT molecular complexity index is 527. The number of rotatable bonds is 3. The van der Waals surface area contributed by atoms with E-state index in [0.717, 1.165) is 13.1 Å². The van der Waals surface area contributed by atoms with Crippen LogP contribution in [0.1, 0.15) is 19.8 Å². The van der Waals surface area contributed by atoms with Gasteiger partial charge in [0.15, 0.2) is 6.10 Å². The SMILES string of the molecule is CC(C#CCN1CCCC1)OC(=O)Nc1ccc(F)cc1. The first kappa shape index (κ1) is 15.3. The van der Waals surface area contributed by atoms with Crippen LogP contribution in [-0.2, 0) is 4.74 Å². The van der Waals surface area contributed by atoms with E-state index in [9.17, 15) is 9.18 Å². The average Bonchev–Trinajstić information content (AvgIpc) is 2.94. The summed E-state index contributed by atoms with van der Waals surface area (Å²) in [4.78, 5) is 13.9. The molecule has 1 N–H and O–H groups in total. The fraction of sp³-hybridized carbons (Fsp3) is 0.438. The van der Waals surface area contributed by atoms with Crippen molar-refractivity contribution in [3.63, 3.8) is 0 Å². The summed E-state index contributed by atoms with van der Waals surface area (Å²) in [6, 6.07) is 5.49. The van der Waals surface area contributed by atoms with E-state index in [1.165, 1.54) is 37.1 Å². The number of ether oxygens (including phenoxy) is 1. The lowest BCUT2D eigenvalue weighted by Gasteiger charge is -2.10. The number of halogens is 1. The second kappa shape index (κ2) is 7.65. The van der Waals surface area contributed by atoms with Crippen LogP contribution in [0.3, 0.4) is 0 Å². The average molecular weight is 290 g/mol. The number of anilines is 1. The number of nitrogens with one attached hydrogen (secondary N) is 1. The molecular weight excluding hydrogens is 271 g/mol. The second-order valence-electron chi connectivity index (χ2n) is 4.98. The molecule has 1 aromatic rings. The molecule has 1 fully saturated rings. The monoisotopic (exact) mass is 290 g/mol. The first-order valence-corrected chi connectivity index (χ1v) is 7.07. The molecule has 0 aliphatic carbocycles. The maximum atomic E-state index is 12.7. The first-order chi connectivity index (χ1) is 10.1. The van der Waals surface area contributed by atoms with Crippen LogP contribution in [-0.4, -0.2) is 36.7 Å². The predicted octanol–water partition coefficient (Wildman–Crippen LogP) is 2.86. The maximum absolute atomic E-state index is 12.7. The zero-order valence-corrected chi connectivity index (χ0v) is 12.1. The number of benzene rings is 1. The Hall–Kier alpha value is -2.06. The van der Waals surface area contributed by atoms with Crippen molar-refractivity contribution in [2.75, 3.05) is 25.0 Å². The molecule has 1 unspecified atom stereocenters. The fourth-order valence-electron chi connectivity index (χ4n) is 2.11. The quantitative estimate of drug-likeness (QED) is 0.870. The standard InChI is InChI=1S/C16H19FN2O2/c1-13(5-4-12-19-10-2-3-11-19)21-16(20)18-15-8-6-14(17)7-9-15/h6-9,13H,2-3,10-12H2,1H3,(H,18,20). The van der Waals surface area contributed by atoms with Gasteiger partial charge < -0.3 is 4.74 Å². The number of carbonyl (C=O) groups excluding carboxylic acids is 1. The van der Waals surface area contributed by atoms with E-state index >= 15 is 0 Å². The molecule has 0 radical (unpaired) electrons. The van der Waals surface area contributed by atoms with Crippen LogP contribution in [0.15, 0.2) is 24.3 Å². The highest BCUT2D eigenvalue weighted by molar-refractivity contribution is 5.84. The fourth-order valence-corrected chi connectivity index (χ4v) is 2.11. The Labute approximate surface area is 124 Å². The summed E-state index contributed by atoms with van der Waals surface area (Å²) in [6.07, 6.45) is 1.39. The van der Waals surface area contributed by atoms with Gasteiger partial charge in [-0.2, -0.15) is 0 Å². The molecule has 1 aliphatic rings. The van der Waals surface area contributed by atoms with Crippen LogP contribution in [0.4, 0.5) is 14.9 Å². The molecule has 1 saturated heterocycles. The molecule has 21 heavy (non-hydrogen) atoms. The van der Waals surface area contributed by atoms with Crippen molar-refractivity contribution in [3.05, 3.63) is 30.1 Å². The molecule has 1 aromatic carbocycles. The minimum Gasteiger partial charge on any atom is -0.433 e. The van der Waals surface area contributed by atoms with E-state index in [2.05, 4.69) is 22.1 Å². The number of hydrogen-bond acceptors (Lipinski definition) is 3. The van der Waals surface area contributed by atoms with Crippen molar-refractivity contribution < 1.29 is 13.9 Å². The highest BCUT2D eigenvalue weighted by Crippen LogP contribution is 2.09. The Morgan fingerprint density at radius 1 is 1.38 bits per heavy atom. The predicted molar refractivity (Wildman–Crippen MR) is 79.4 cm³/mol. The molecule has 0 saturated carbocycles. The minimum absolute atomic E-state index is 0.352. The molecule has 0 spiro atoms. The molecule has 1 aliphatic heterocycles. The summed E-state index contributed by atoms with van der Waals surface area (Å²) in [7, 11) is 0. The lowest BCUT2D eigenvalue weighted by molar-refractivity contribution is 0.145. The van der Waals surface area contributed by atoms with Crippen molar-refractivity contribution in [1.82, 2.24) is 4.90 Å². The van der Waals surface area contributed by atoms with Crippen molar-refractivity contribution in [1.29, 1.82) is 0 Å². The van der Waals surface area contributed by atoms with Gasteiger partial charge >= 0.3 is 6.09 Å². The molecule has 4 nitrogen and oxygen atoms in total. The Kier molecular flexibility index (Phi) is 5.59. The zero-order valence-electron chi connectivity index (χ0n) is 12.1. The van der Waals surface area contributed by atoms with Crippen LogP contribution < -0.4 is 5.32 Å². The molecule has 1 heterocycles. The highest BCUT2D eigenvalue weighted by Gasteiger charge is 2.10. The first-order valence-electron chi connectivity index (χ1n) is 7.07. The maximum Gasteiger partial charge on any atom is 0.412 e. The van der Waals surface area contributed by atoms with Gasteiger partial charge in [-0.1, -0.05) is 11.8 Å². The molecule has 112 valence electrons. The van der Waals surface area contributed by atoms with E-state index in [1.807, 2.05) is 0 Å². The van der Waals surface area contributed by atoms with Gasteiger partial charge in [0.2, 0.25) is 0 Å². The third kappa shape index (κ3) is 5.44. The largest absolute Gasteiger partial charge is 0.433 e. The minimum atomic E-state index is -0.593. The van der Waals surface area contributed by atoms with Crippen LogP contribution in [0.5, 0.6) is 0 Å². The van der Waals surface area contributed by atoms with Gasteiger partial charge in [0, 0.05) is 5.69 Å². The van der Waals surface area contributed by atoms with Gasteiger partial charge in [0.05, 0.1) is 6.54 Å². The summed E-state index contributed by atoms with van der Waals surface area (Å²) in [5.74, 6) is 5.57. The van der Waals surface area contributed by atoms with Crippen molar-refractivity contribution in [2.45, 2.75) is 25.9 Å². The molecule has 5 heteroatoms. The summed E-state index contributed by atoms with van der Waals surface area (Å²) in [5, 5.41) is 2.53. The molecule has 0 bridgehead atoms. The van der Waals surface area contributed by atoms with Crippen molar-refractivity contribution >= 4 is 11.8 Å². The lowest BCUT2D eigenvalue weighted by Crippen LogP contribution is -2.21. The van der Waals surface area contributed by atoms with Gasteiger partial charge in [-0.25, -0.2) is 9.18 Å². The van der Waals surface area contributed by atoms with E-state index in [0.29, 0.717) is 12.2 Å². The number of amides is 1. The van der Waals surface area contributed by atoms with Crippen molar-refractivity contribution in [3.8, 4) is 11.8 Å². The van der Waals surface area contributed by atoms with Crippen LogP contribution in [0.25, 0.3) is 0 Å². The van der Waals surface area contributed by atoms with Gasteiger partial charge in [0.1, 0.15) is 5.82 Å². The molecule has 0 aromatic heterocycles. The van der Waals surface area contributed by atoms with Gasteiger partial charge in [-0.15, -0.1) is 0 Å². The van der Waals surface area contributed by atoms with Crippen LogP contribution in [0.2, 0.25) is 0 Å². The van der Waals surface area contributed by atoms with Gasteiger partial charge in [-0.05, 0) is 57.1 Å². The van der Waals surface area contributed by atoms with Crippen molar-refractivity contribution in [2.24, 2.45) is 0 Å². The molecule has 1 amide bonds. The Balaban J connectivity index is 1.73. The molecule has 1 atom stereocenters. The van der Waals surface area contributed by atoms with Gasteiger partial charge in [-0.3, -0.25) is 10.2 Å². The number of carbonyl (C=O) groups is 1. The van der Waals surface area contributed by atoms with Gasteiger partial charge in [0.25, 0.3) is 0 Å². The number of nitrogens with zero attached hydrogens (tertiary/aromatic N) is 1. The molecule has 2 rings (SSSR count). The van der Waals surface area contributed by atoms with Crippen LogP contribution in [0, 0.1) is 17.7 Å². The summed E-state index contributed by atoms with van der Waals surface area (Å²) in [5.41, 5.74) is 0.485. The number of likely N-dealkylation sites (tertiary alicyclic amines) is 1. The van der Waals surface area contributed by atoms with E-state index in [1.54, 1.807) is 6.92 Å². The Morgan fingerprint density at radius 2 is 2.05 bits per heavy atom. The third-order valence-corrected chi connectivity index (χ3v) is 3.18. The van der Waals surface area contributed by atoms with E-state index in [4.69, 9.17) is 4.74 Å². The van der Waals surface area contributed by atoms with E-state index < -0.39 is 12.2 Å². The second-order valence-corrected chi connectivity index (χ2v) is 4.98. The summed E-state index contributed by atoms with van der Waals surface area (Å²) >= 11 is 0. The lowest BCUT2D eigenvalue weighted by atomic mass is 10.3. The molecular formula is C16H19FN2O2. The summed E-state index contributed by atoms with van der Waals surface area (Å²) in [6.45, 7) is 4.62.